The lowest BCUT2D eigenvalue weighted by atomic mass is 9.99. The molecule has 13 rings (SSSR count). The van der Waals surface area contributed by atoms with Gasteiger partial charge in [0.15, 0.2) is 5.82 Å². The van der Waals surface area contributed by atoms with Crippen molar-refractivity contribution >= 4 is 65.3 Å². The van der Waals surface area contributed by atoms with Crippen LogP contribution in [0.5, 0.6) is 0 Å². The summed E-state index contributed by atoms with van der Waals surface area (Å²) >= 11 is 0. The molecule has 0 aliphatic carbocycles. The molecule has 0 bridgehead atoms. The molecule has 0 saturated carbocycles. The number of hydrogen-bond donors (Lipinski definition) is 0. The lowest BCUT2D eigenvalue weighted by Gasteiger charge is -2.14. The van der Waals surface area contributed by atoms with E-state index in [-0.39, 0.29) is 0 Å². The smallest absolute Gasteiger partial charge is 0.160 e. The molecule has 0 aliphatic rings. The van der Waals surface area contributed by atoms with Gasteiger partial charge >= 0.3 is 0 Å². The monoisotopic (exact) mass is 814 g/mol. The van der Waals surface area contributed by atoms with Gasteiger partial charge in [0, 0.05) is 49.4 Å². The summed E-state index contributed by atoms with van der Waals surface area (Å²) in [5.41, 5.74) is 15.3. The molecule has 298 valence electrons. The quantitative estimate of drug-likeness (QED) is 0.168. The summed E-state index contributed by atoms with van der Waals surface area (Å²) in [6, 6.07) is 82.7. The van der Waals surface area contributed by atoms with Gasteiger partial charge in [0.2, 0.25) is 0 Å². The van der Waals surface area contributed by atoms with Crippen molar-refractivity contribution in [3.05, 3.63) is 231 Å². The summed E-state index contributed by atoms with van der Waals surface area (Å²) < 4.78 is 4.85. The third kappa shape index (κ3) is 5.77. The summed E-state index contributed by atoms with van der Waals surface area (Å²) in [4.78, 5) is 10.7. The first-order valence-corrected chi connectivity index (χ1v) is 21.8. The number of benzene rings is 10. The minimum Gasteiger partial charge on any atom is -0.309 e. The second kappa shape index (κ2) is 14.5. The molecule has 3 heterocycles. The fourth-order valence-corrected chi connectivity index (χ4v) is 9.91. The van der Waals surface area contributed by atoms with Gasteiger partial charge in [-0.05, 0) is 93.7 Å². The molecule has 0 atom stereocenters. The number of fused-ring (bicyclic) bond motifs is 9. The minimum absolute atomic E-state index is 0.694. The highest BCUT2D eigenvalue weighted by Crippen LogP contribution is 2.43. The molecule has 10 aromatic carbocycles. The predicted molar refractivity (Wildman–Crippen MR) is 267 cm³/mol. The van der Waals surface area contributed by atoms with Crippen molar-refractivity contribution in [2.24, 2.45) is 0 Å². The molecule has 0 fully saturated rings. The summed E-state index contributed by atoms with van der Waals surface area (Å²) in [5.74, 6) is 0.694. The maximum Gasteiger partial charge on any atom is 0.160 e. The first kappa shape index (κ1) is 36.1. The SMILES string of the molecule is c1ccc(-c2ccc(-c3nc(-c4cccc(-c5ccccc5)c4)c4cc(-n5c6cc7c(cc6c6c8ccccc8ccc65)c5ccccc5n7-c5ccccc5)ccc4n3)cc2)cc1. The van der Waals surface area contributed by atoms with Crippen LogP contribution in [-0.2, 0) is 0 Å². The van der Waals surface area contributed by atoms with Crippen LogP contribution in [0.3, 0.4) is 0 Å². The van der Waals surface area contributed by atoms with Crippen molar-refractivity contribution in [1.82, 2.24) is 19.1 Å². The van der Waals surface area contributed by atoms with Crippen LogP contribution in [0.25, 0.3) is 122 Å². The van der Waals surface area contributed by atoms with Gasteiger partial charge in [-0.2, -0.15) is 0 Å². The number of rotatable bonds is 6. The second-order valence-corrected chi connectivity index (χ2v) is 16.6. The van der Waals surface area contributed by atoms with Crippen LogP contribution in [-0.4, -0.2) is 19.1 Å². The highest BCUT2D eigenvalue weighted by atomic mass is 15.0. The van der Waals surface area contributed by atoms with Crippen molar-refractivity contribution in [2.75, 3.05) is 0 Å². The predicted octanol–water partition coefficient (Wildman–Crippen LogP) is 15.6. The van der Waals surface area contributed by atoms with Gasteiger partial charge in [0.1, 0.15) is 0 Å². The molecule has 13 aromatic rings. The Kier molecular flexibility index (Phi) is 8.18. The Hall–Kier alpha value is -8.60. The first-order chi connectivity index (χ1) is 31.7. The van der Waals surface area contributed by atoms with Crippen molar-refractivity contribution in [1.29, 1.82) is 0 Å². The van der Waals surface area contributed by atoms with Gasteiger partial charge < -0.3 is 9.13 Å². The van der Waals surface area contributed by atoms with Crippen molar-refractivity contribution < 1.29 is 0 Å². The fraction of sp³-hybridized carbons (Fsp3) is 0. The maximum absolute atomic E-state index is 5.45. The van der Waals surface area contributed by atoms with E-state index >= 15 is 0 Å². The van der Waals surface area contributed by atoms with E-state index in [9.17, 15) is 0 Å². The van der Waals surface area contributed by atoms with Gasteiger partial charge in [0.05, 0.1) is 33.3 Å². The van der Waals surface area contributed by atoms with Crippen molar-refractivity contribution in [3.8, 4) is 56.3 Å². The van der Waals surface area contributed by atoms with Gasteiger partial charge in [-0.1, -0.05) is 170 Å². The van der Waals surface area contributed by atoms with Crippen LogP contribution in [0.2, 0.25) is 0 Å². The van der Waals surface area contributed by atoms with E-state index in [1.165, 1.54) is 48.9 Å². The zero-order chi connectivity index (χ0) is 42.1. The molecular formula is C60H38N4. The van der Waals surface area contributed by atoms with Crippen molar-refractivity contribution in [2.45, 2.75) is 0 Å². The number of aromatic nitrogens is 4. The molecule has 4 nitrogen and oxygen atoms in total. The molecule has 64 heavy (non-hydrogen) atoms. The molecular weight excluding hydrogens is 777 g/mol. The van der Waals surface area contributed by atoms with Crippen LogP contribution >= 0.6 is 0 Å². The molecule has 0 radical (unpaired) electrons. The minimum atomic E-state index is 0.694. The summed E-state index contributed by atoms with van der Waals surface area (Å²) in [7, 11) is 0. The van der Waals surface area contributed by atoms with E-state index in [4.69, 9.17) is 9.97 Å². The Bertz CT molecular complexity index is 3920. The lowest BCUT2D eigenvalue weighted by Crippen LogP contribution is -1.99. The molecule has 3 aromatic heterocycles. The fourth-order valence-electron chi connectivity index (χ4n) is 9.91. The topological polar surface area (TPSA) is 35.6 Å². The van der Waals surface area contributed by atoms with E-state index in [1.807, 2.05) is 6.07 Å². The van der Waals surface area contributed by atoms with Gasteiger partial charge in [0.25, 0.3) is 0 Å². The number of para-hydroxylation sites is 2. The normalized spacial score (nSPS) is 11.8. The molecule has 0 N–H and O–H groups in total. The maximum atomic E-state index is 5.45. The van der Waals surface area contributed by atoms with E-state index in [1.54, 1.807) is 0 Å². The zero-order valence-electron chi connectivity index (χ0n) is 34.7. The highest BCUT2D eigenvalue weighted by molar-refractivity contribution is 6.25. The van der Waals surface area contributed by atoms with Crippen LogP contribution < -0.4 is 0 Å². The molecule has 4 heteroatoms. The molecule has 0 unspecified atom stereocenters. The molecule has 0 spiro atoms. The largest absolute Gasteiger partial charge is 0.309 e. The summed E-state index contributed by atoms with van der Waals surface area (Å²) in [6.45, 7) is 0. The van der Waals surface area contributed by atoms with Crippen molar-refractivity contribution in [3.63, 3.8) is 0 Å². The average Bonchev–Trinajstić information content (AvgIpc) is 3.88. The average molecular weight is 815 g/mol. The van der Waals surface area contributed by atoms with Gasteiger partial charge in [-0.25, -0.2) is 9.97 Å². The van der Waals surface area contributed by atoms with Gasteiger partial charge in [-0.15, -0.1) is 0 Å². The number of nitrogens with zero attached hydrogens (tertiary/aromatic N) is 4. The van der Waals surface area contributed by atoms with E-state index in [0.29, 0.717) is 5.82 Å². The summed E-state index contributed by atoms with van der Waals surface area (Å²) in [6.07, 6.45) is 0. The van der Waals surface area contributed by atoms with E-state index in [0.717, 1.165) is 66.8 Å². The Morgan fingerprint density at radius 3 is 1.69 bits per heavy atom. The standard InChI is InChI=1S/C60H38N4/c1-4-15-39(16-5-1)41-27-29-43(30-28-41)60-61-53-33-32-47(36-51(53)59(62-60)45-21-14-20-44(35-45)40-17-6-2-7-18-40)64-55-34-31-42-19-10-11-24-48(42)58(55)52-37-50-49-25-12-13-26-54(49)63(56(50)38-57(52)64)46-22-8-3-9-23-46/h1-38H. The van der Waals surface area contributed by atoms with Gasteiger partial charge in [-0.3, -0.25) is 0 Å². The van der Waals surface area contributed by atoms with Crippen LogP contribution in [0.4, 0.5) is 0 Å². The van der Waals surface area contributed by atoms with E-state index in [2.05, 4.69) is 234 Å². The third-order valence-electron chi connectivity index (χ3n) is 12.9. The first-order valence-electron chi connectivity index (χ1n) is 21.8. The van der Waals surface area contributed by atoms with Crippen LogP contribution in [0.15, 0.2) is 231 Å². The molecule has 0 amide bonds. The zero-order valence-corrected chi connectivity index (χ0v) is 34.7. The second-order valence-electron chi connectivity index (χ2n) is 16.6. The Morgan fingerprint density at radius 1 is 0.281 bits per heavy atom. The Labute approximate surface area is 369 Å². The highest BCUT2D eigenvalue weighted by Gasteiger charge is 2.21. The summed E-state index contributed by atoms with van der Waals surface area (Å²) in [5, 5.41) is 8.38. The van der Waals surface area contributed by atoms with Crippen LogP contribution in [0.1, 0.15) is 0 Å². The van der Waals surface area contributed by atoms with Crippen LogP contribution in [0, 0.1) is 0 Å². The Morgan fingerprint density at radius 2 is 0.891 bits per heavy atom. The Balaban J connectivity index is 1.08. The lowest BCUT2D eigenvalue weighted by molar-refractivity contribution is 1.16. The molecule has 0 saturated heterocycles. The molecule has 0 aliphatic heterocycles. The number of hydrogen-bond acceptors (Lipinski definition) is 2. The van der Waals surface area contributed by atoms with E-state index < -0.39 is 0 Å². The third-order valence-corrected chi connectivity index (χ3v) is 12.9.